The molecule has 0 aromatic rings. The van der Waals surface area contributed by atoms with E-state index < -0.39 is 0 Å². The van der Waals surface area contributed by atoms with Crippen molar-refractivity contribution in [1.82, 2.24) is 10.6 Å². The Morgan fingerprint density at radius 1 is 1.43 bits per heavy atom. The maximum absolute atomic E-state index is 3.61. The highest BCUT2D eigenvalue weighted by molar-refractivity contribution is 4.82. The van der Waals surface area contributed by atoms with Gasteiger partial charge in [-0.25, -0.2) is 0 Å². The molecule has 2 unspecified atom stereocenters. The maximum Gasteiger partial charge on any atom is 0.00795 e. The maximum atomic E-state index is 3.61. The van der Waals surface area contributed by atoms with Crippen molar-refractivity contribution in [1.29, 1.82) is 0 Å². The molecule has 1 fully saturated rings. The highest BCUT2D eigenvalue weighted by atomic mass is 15.0. The molecule has 0 aromatic heterocycles. The Morgan fingerprint density at radius 2 is 2.14 bits per heavy atom. The van der Waals surface area contributed by atoms with Crippen molar-refractivity contribution in [3.8, 4) is 0 Å². The van der Waals surface area contributed by atoms with Gasteiger partial charge < -0.3 is 10.6 Å². The average molecular weight is 198 g/mol. The third-order valence-electron chi connectivity index (χ3n) is 3.66. The van der Waals surface area contributed by atoms with Crippen molar-refractivity contribution in [3.63, 3.8) is 0 Å². The molecule has 0 bridgehead atoms. The van der Waals surface area contributed by atoms with E-state index in [4.69, 9.17) is 0 Å². The van der Waals surface area contributed by atoms with Crippen molar-refractivity contribution in [2.75, 3.05) is 19.6 Å². The Hall–Kier alpha value is -0.0800. The summed E-state index contributed by atoms with van der Waals surface area (Å²) in [6.07, 6.45) is 2.58. The van der Waals surface area contributed by atoms with E-state index in [1.54, 1.807) is 0 Å². The summed E-state index contributed by atoms with van der Waals surface area (Å²) in [5.41, 5.74) is 0.454. The third kappa shape index (κ3) is 3.58. The summed E-state index contributed by atoms with van der Waals surface area (Å²) < 4.78 is 0. The minimum absolute atomic E-state index is 0.454. The second-order valence-corrected chi connectivity index (χ2v) is 5.44. The minimum Gasteiger partial charge on any atom is -0.316 e. The molecular weight excluding hydrogens is 172 g/mol. The van der Waals surface area contributed by atoms with Gasteiger partial charge in [-0.1, -0.05) is 20.8 Å². The van der Waals surface area contributed by atoms with Crippen LogP contribution >= 0.6 is 0 Å². The summed E-state index contributed by atoms with van der Waals surface area (Å²) in [6, 6.07) is 0.701. The lowest BCUT2D eigenvalue weighted by Crippen LogP contribution is -2.35. The number of nitrogens with one attached hydrogen (secondary N) is 2. The molecule has 0 amide bonds. The fourth-order valence-electron chi connectivity index (χ4n) is 1.91. The van der Waals surface area contributed by atoms with Crippen molar-refractivity contribution >= 4 is 0 Å². The molecular formula is C12H26N2. The van der Waals surface area contributed by atoms with Gasteiger partial charge in [-0.05, 0) is 44.2 Å². The van der Waals surface area contributed by atoms with E-state index in [9.17, 15) is 0 Å². The van der Waals surface area contributed by atoms with E-state index in [1.165, 1.54) is 25.9 Å². The van der Waals surface area contributed by atoms with E-state index in [2.05, 4.69) is 38.3 Å². The van der Waals surface area contributed by atoms with Crippen LogP contribution in [0.25, 0.3) is 0 Å². The van der Waals surface area contributed by atoms with Gasteiger partial charge in [0.05, 0.1) is 0 Å². The highest BCUT2D eigenvalue weighted by Crippen LogP contribution is 2.19. The molecule has 1 aliphatic rings. The van der Waals surface area contributed by atoms with Crippen LogP contribution in [-0.4, -0.2) is 25.7 Å². The Balaban J connectivity index is 2.15. The Labute approximate surface area is 88.8 Å². The first-order valence-corrected chi connectivity index (χ1v) is 5.99. The molecule has 0 radical (unpaired) electrons. The van der Waals surface area contributed by atoms with Crippen LogP contribution in [-0.2, 0) is 0 Å². The Morgan fingerprint density at radius 3 is 2.64 bits per heavy atom. The zero-order chi connectivity index (χ0) is 10.6. The zero-order valence-corrected chi connectivity index (χ0v) is 10.2. The van der Waals surface area contributed by atoms with Crippen LogP contribution in [0.4, 0.5) is 0 Å². The van der Waals surface area contributed by atoms with E-state index >= 15 is 0 Å². The van der Waals surface area contributed by atoms with Crippen molar-refractivity contribution in [2.24, 2.45) is 11.3 Å². The number of rotatable bonds is 5. The molecule has 14 heavy (non-hydrogen) atoms. The summed E-state index contributed by atoms with van der Waals surface area (Å²) in [4.78, 5) is 0. The summed E-state index contributed by atoms with van der Waals surface area (Å²) in [5.74, 6) is 0.836. The Bertz CT molecular complexity index is 166. The average Bonchev–Trinajstić information content (AvgIpc) is 2.52. The summed E-state index contributed by atoms with van der Waals surface area (Å²) in [5, 5.41) is 7.10. The normalized spacial score (nSPS) is 28.3. The van der Waals surface area contributed by atoms with Gasteiger partial charge in [-0.3, -0.25) is 0 Å². The molecule has 84 valence electrons. The molecule has 1 saturated heterocycles. The standard InChI is InChI=1S/C12H26N2/c1-5-12(3,4)9-13-8-11-6-7-14-10(11)2/h10-11,13-14H,5-9H2,1-4H3. The fourth-order valence-corrected chi connectivity index (χ4v) is 1.91. The number of hydrogen-bond acceptors (Lipinski definition) is 2. The topological polar surface area (TPSA) is 24.1 Å². The molecule has 0 aromatic carbocycles. The first-order valence-electron chi connectivity index (χ1n) is 5.99. The van der Waals surface area contributed by atoms with Crippen LogP contribution in [0.5, 0.6) is 0 Å². The predicted molar refractivity (Wildman–Crippen MR) is 62.5 cm³/mol. The predicted octanol–water partition coefficient (Wildman–Crippen LogP) is 2.01. The van der Waals surface area contributed by atoms with Gasteiger partial charge in [0.15, 0.2) is 0 Å². The lowest BCUT2D eigenvalue weighted by atomic mass is 9.90. The van der Waals surface area contributed by atoms with Crippen LogP contribution in [0.1, 0.15) is 40.5 Å². The van der Waals surface area contributed by atoms with Gasteiger partial charge in [-0.15, -0.1) is 0 Å². The van der Waals surface area contributed by atoms with E-state index in [0.717, 1.165) is 12.5 Å². The molecule has 0 spiro atoms. The molecule has 1 rings (SSSR count). The van der Waals surface area contributed by atoms with Crippen LogP contribution < -0.4 is 10.6 Å². The molecule has 2 heteroatoms. The van der Waals surface area contributed by atoms with Crippen LogP contribution in [0, 0.1) is 11.3 Å². The SMILES string of the molecule is CCC(C)(C)CNCC1CCNC1C. The smallest absolute Gasteiger partial charge is 0.00795 e. The molecule has 2 atom stereocenters. The summed E-state index contributed by atoms with van der Waals surface area (Å²) in [7, 11) is 0. The van der Waals surface area contributed by atoms with E-state index in [0.29, 0.717) is 11.5 Å². The number of hydrogen-bond donors (Lipinski definition) is 2. The molecule has 0 saturated carbocycles. The molecule has 2 nitrogen and oxygen atoms in total. The zero-order valence-electron chi connectivity index (χ0n) is 10.2. The monoisotopic (exact) mass is 198 g/mol. The molecule has 1 aliphatic heterocycles. The van der Waals surface area contributed by atoms with Crippen LogP contribution in [0.2, 0.25) is 0 Å². The molecule has 2 N–H and O–H groups in total. The van der Waals surface area contributed by atoms with Gasteiger partial charge in [0.1, 0.15) is 0 Å². The quantitative estimate of drug-likeness (QED) is 0.706. The van der Waals surface area contributed by atoms with Gasteiger partial charge >= 0.3 is 0 Å². The lowest BCUT2D eigenvalue weighted by Gasteiger charge is -2.25. The largest absolute Gasteiger partial charge is 0.316 e. The van der Waals surface area contributed by atoms with Crippen LogP contribution in [0.15, 0.2) is 0 Å². The Kier molecular flexibility index (Phi) is 4.39. The van der Waals surface area contributed by atoms with Gasteiger partial charge in [-0.2, -0.15) is 0 Å². The first kappa shape index (κ1) is 12.0. The van der Waals surface area contributed by atoms with Crippen molar-refractivity contribution in [2.45, 2.75) is 46.6 Å². The second-order valence-electron chi connectivity index (χ2n) is 5.44. The van der Waals surface area contributed by atoms with Crippen molar-refractivity contribution in [3.05, 3.63) is 0 Å². The minimum atomic E-state index is 0.454. The van der Waals surface area contributed by atoms with Gasteiger partial charge in [0, 0.05) is 12.6 Å². The van der Waals surface area contributed by atoms with E-state index in [1.807, 2.05) is 0 Å². The molecule has 1 heterocycles. The first-order chi connectivity index (χ1) is 6.55. The highest BCUT2D eigenvalue weighted by Gasteiger charge is 2.23. The summed E-state index contributed by atoms with van der Waals surface area (Å²) in [6.45, 7) is 12.7. The lowest BCUT2D eigenvalue weighted by molar-refractivity contribution is 0.311. The third-order valence-corrected chi connectivity index (χ3v) is 3.66. The summed E-state index contributed by atoms with van der Waals surface area (Å²) >= 11 is 0. The van der Waals surface area contributed by atoms with E-state index in [-0.39, 0.29) is 0 Å². The van der Waals surface area contributed by atoms with Gasteiger partial charge in [0.2, 0.25) is 0 Å². The van der Waals surface area contributed by atoms with Crippen LogP contribution in [0.3, 0.4) is 0 Å². The van der Waals surface area contributed by atoms with Crippen molar-refractivity contribution < 1.29 is 0 Å². The second kappa shape index (κ2) is 5.13. The fraction of sp³-hybridized carbons (Fsp3) is 1.00. The molecule has 0 aliphatic carbocycles. The van der Waals surface area contributed by atoms with Gasteiger partial charge in [0.25, 0.3) is 0 Å².